The highest BCUT2D eigenvalue weighted by atomic mass is 32.2. The summed E-state index contributed by atoms with van der Waals surface area (Å²) in [6.45, 7) is 3.34. The van der Waals surface area contributed by atoms with Crippen LogP contribution >= 0.6 is 11.8 Å². The fourth-order valence-electron chi connectivity index (χ4n) is 1.81. The molecule has 0 fully saturated rings. The van der Waals surface area contributed by atoms with E-state index >= 15 is 0 Å². The Bertz CT molecular complexity index is 389. The first-order valence-electron chi connectivity index (χ1n) is 5.51. The number of carboxylic acid groups (broad SMARTS) is 1. The third-order valence-corrected chi connectivity index (χ3v) is 3.69. The fourth-order valence-corrected chi connectivity index (χ4v) is 2.78. The molecule has 17 heavy (non-hydrogen) atoms. The van der Waals surface area contributed by atoms with Gasteiger partial charge in [0.15, 0.2) is 5.12 Å². The standard InChI is InChI=1S/C13H16O3S/c1-3-11(10-7-5-4-6-8-10)12(13(15)16)17-9(2)14/h4-8,11-12H,3H2,1-2H3,(H,15,16)/t11?,12-/m0/s1. The molecule has 1 unspecified atom stereocenters. The van der Waals surface area contributed by atoms with E-state index in [2.05, 4.69) is 0 Å². The number of thioether (sulfide) groups is 1. The van der Waals surface area contributed by atoms with Gasteiger partial charge in [-0.2, -0.15) is 0 Å². The molecule has 0 spiro atoms. The number of carbonyl (C=O) groups excluding carboxylic acids is 1. The Morgan fingerprint density at radius 3 is 2.29 bits per heavy atom. The van der Waals surface area contributed by atoms with Crippen LogP contribution < -0.4 is 0 Å². The summed E-state index contributed by atoms with van der Waals surface area (Å²) in [6, 6.07) is 9.48. The van der Waals surface area contributed by atoms with Crippen LogP contribution in [0.1, 0.15) is 31.7 Å². The molecule has 0 aliphatic rings. The highest BCUT2D eigenvalue weighted by Gasteiger charge is 2.30. The number of hydrogen-bond acceptors (Lipinski definition) is 3. The predicted molar refractivity (Wildman–Crippen MR) is 69.2 cm³/mol. The molecule has 0 saturated heterocycles. The largest absolute Gasteiger partial charge is 0.480 e. The summed E-state index contributed by atoms with van der Waals surface area (Å²) in [5, 5.41) is 8.34. The molecule has 0 amide bonds. The van der Waals surface area contributed by atoms with Gasteiger partial charge < -0.3 is 5.11 Å². The van der Waals surface area contributed by atoms with Crippen LogP contribution in [0.4, 0.5) is 0 Å². The van der Waals surface area contributed by atoms with Crippen molar-refractivity contribution in [2.45, 2.75) is 31.4 Å². The minimum absolute atomic E-state index is 0.136. The normalized spacial score (nSPS) is 14.0. The monoisotopic (exact) mass is 252 g/mol. The van der Waals surface area contributed by atoms with Crippen LogP contribution in [0.15, 0.2) is 30.3 Å². The lowest BCUT2D eigenvalue weighted by Crippen LogP contribution is -2.25. The van der Waals surface area contributed by atoms with E-state index in [4.69, 9.17) is 0 Å². The van der Waals surface area contributed by atoms with Gasteiger partial charge in [0.05, 0.1) is 0 Å². The molecule has 1 rings (SSSR count). The van der Waals surface area contributed by atoms with Crippen molar-refractivity contribution < 1.29 is 14.7 Å². The number of carboxylic acids is 1. The summed E-state index contributed by atoms with van der Waals surface area (Å²) in [6.07, 6.45) is 0.696. The van der Waals surface area contributed by atoms with E-state index in [1.807, 2.05) is 37.3 Å². The molecule has 0 heterocycles. The highest BCUT2D eigenvalue weighted by molar-refractivity contribution is 8.14. The van der Waals surface area contributed by atoms with Crippen molar-refractivity contribution in [2.75, 3.05) is 0 Å². The zero-order valence-electron chi connectivity index (χ0n) is 9.92. The van der Waals surface area contributed by atoms with Crippen LogP contribution in [0.2, 0.25) is 0 Å². The molecular weight excluding hydrogens is 236 g/mol. The van der Waals surface area contributed by atoms with Gasteiger partial charge in [-0.15, -0.1) is 0 Å². The van der Waals surface area contributed by atoms with E-state index < -0.39 is 11.2 Å². The number of hydrogen-bond donors (Lipinski definition) is 1. The Morgan fingerprint density at radius 2 is 1.88 bits per heavy atom. The van der Waals surface area contributed by atoms with Crippen LogP contribution in [-0.2, 0) is 9.59 Å². The Labute approximate surface area is 105 Å². The molecule has 1 N–H and O–H groups in total. The molecule has 1 aromatic carbocycles. The molecular formula is C13H16O3S. The second-order valence-corrected chi connectivity index (χ2v) is 5.11. The maximum atomic E-state index is 11.2. The molecule has 92 valence electrons. The number of aliphatic carboxylic acids is 1. The Balaban J connectivity index is 2.97. The third-order valence-electron chi connectivity index (χ3n) is 2.57. The van der Waals surface area contributed by atoms with Crippen molar-refractivity contribution in [1.82, 2.24) is 0 Å². The molecule has 0 saturated carbocycles. The minimum atomic E-state index is -0.930. The van der Waals surface area contributed by atoms with Crippen molar-refractivity contribution in [3.05, 3.63) is 35.9 Å². The van der Waals surface area contributed by atoms with Gasteiger partial charge in [-0.3, -0.25) is 9.59 Å². The fraction of sp³-hybridized carbons (Fsp3) is 0.385. The van der Waals surface area contributed by atoms with E-state index in [0.717, 1.165) is 17.3 Å². The summed E-state index contributed by atoms with van der Waals surface area (Å²) in [5.41, 5.74) is 0.969. The topological polar surface area (TPSA) is 54.4 Å². The SMILES string of the molecule is CCC(c1ccccc1)[C@H](SC(C)=O)C(=O)O. The number of benzene rings is 1. The van der Waals surface area contributed by atoms with Crippen molar-refractivity contribution in [3.63, 3.8) is 0 Å². The molecule has 0 bridgehead atoms. The van der Waals surface area contributed by atoms with Crippen molar-refractivity contribution in [2.24, 2.45) is 0 Å². The van der Waals surface area contributed by atoms with Crippen LogP contribution in [0.25, 0.3) is 0 Å². The minimum Gasteiger partial charge on any atom is -0.480 e. The van der Waals surface area contributed by atoms with E-state index in [-0.39, 0.29) is 11.0 Å². The molecule has 1 aromatic rings. The van der Waals surface area contributed by atoms with Gasteiger partial charge in [-0.25, -0.2) is 0 Å². The van der Waals surface area contributed by atoms with Gasteiger partial charge in [0.2, 0.25) is 0 Å². The van der Waals surface area contributed by atoms with Gasteiger partial charge in [0.25, 0.3) is 0 Å². The van der Waals surface area contributed by atoms with Crippen molar-refractivity contribution in [1.29, 1.82) is 0 Å². The van der Waals surface area contributed by atoms with Gasteiger partial charge in [-0.1, -0.05) is 49.0 Å². The quantitative estimate of drug-likeness (QED) is 0.875. The molecule has 0 aliphatic heterocycles. The predicted octanol–water partition coefficient (Wildman–Crippen LogP) is 2.91. The van der Waals surface area contributed by atoms with E-state index in [1.165, 1.54) is 6.92 Å². The average Bonchev–Trinajstić information content (AvgIpc) is 2.29. The van der Waals surface area contributed by atoms with Gasteiger partial charge in [-0.05, 0) is 12.0 Å². The molecule has 4 heteroatoms. The first kappa shape index (κ1) is 13.8. The average molecular weight is 252 g/mol. The van der Waals surface area contributed by atoms with Gasteiger partial charge in [0, 0.05) is 12.8 Å². The van der Waals surface area contributed by atoms with E-state index in [9.17, 15) is 14.7 Å². The highest BCUT2D eigenvalue weighted by Crippen LogP contribution is 2.32. The van der Waals surface area contributed by atoms with Crippen molar-refractivity contribution in [3.8, 4) is 0 Å². The summed E-state index contributed by atoms with van der Waals surface area (Å²) in [5.74, 6) is -1.07. The first-order chi connectivity index (χ1) is 8.06. The molecule has 0 aliphatic carbocycles. The molecule has 2 atom stereocenters. The molecule has 0 radical (unpaired) electrons. The van der Waals surface area contributed by atoms with Crippen LogP contribution in [0.5, 0.6) is 0 Å². The van der Waals surface area contributed by atoms with E-state index in [1.54, 1.807) is 0 Å². The molecule has 0 aromatic heterocycles. The van der Waals surface area contributed by atoms with Crippen LogP contribution in [-0.4, -0.2) is 21.4 Å². The Kier molecular flexibility index (Phi) is 5.22. The lowest BCUT2D eigenvalue weighted by Gasteiger charge is -2.21. The van der Waals surface area contributed by atoms with Crippen LogP contribution in [0, 0.1) is 0 Å². The Hall–Kier alpha value is -1.29. The smallest absolute Gasteiger partial charge is 0.317 e. The van der Waals surface area contributed by atoms with E-state index in [0.29, 0.717) is 6.42 Å². The maximum absolute atomic E-state index is 11.2. The second kappa shape index (κ2) is 6.45. The second-order valence-electron chi connectivity index (χ2n) is 3.79. The van der Waals surface area contributed by atoms with Gasteiger partial charge in [0.1, 0.15) is 5.25 Å². The molecule has 3 nitrogen and oxygen atoms in total. The zero-order chi connectivity index (χ0) is 12.8. The summed E-state index contributed by atoms with van der Waals surface area (Å²) < 4.78 is 0. The summed E-state index contributed by atoms with van der Waals surface area (Å²) >= 11 is 0.897. The summed E-state index contributed by atoms with van der Waals surface area (Å²) in [4.78, 5) is 22.3. The number of rotatable bonds is 5. The maximum Gasteiger partial charge on any atom is 0.317 e. The van der Waals surface area contributed by atoms with Gasteiger partial charge >= 0.3 is 5.97 Å². The lowest BCUT2D eigenvalue weighted by atomic mass is 9.93. The summed E-state index contributed by atoms with van der Waals surface area (Å²) in [7, 11) is 0. The Morgan fingerprint density at radius 1 is 1.29 bits per heavy atom. The third kappa shape index (κ3) is 3.89. The van der Waals surface area contributed by atoms with Crippen LogP contribution in [0.3, 0.4) is 0 Å². The first-order valence-corrected chi connectivity index (χ1v) is 6.39. The number of carbonyl (C=O) groups is 2. The lowest BCUT2D eigenvalue weighted by molar-refractivity contribution is -0.137. The van der Waals surface area contributed by atoms with Crippen molar-refractivity contribution >= 4 is 22.8 Å². The zero-order valence-corrected chi connectivity index (χ0v) is 10.7.